The van der Waals surface area contributed by atoms with Gasteiger partial charge in [0.2, 0.25) is 0 Å². The molecule has 1 aromatic heterocycles. The van der Waals surface area contributed by atoms with Crippen LogP contribution in [0.1, 0.15) is 16.8 Å². The lowest BCUT2D eigenvalue weighted by atomic mass is 10.1. The summed E-state index contributed by atoms with van der Waals surface area (Å²) in [5, 5.41) is 0.973. The summed E-state index contributed by atoms with van der Waals surface area (Å²) < 4.78 is 28.9. The maximum Gasteiger partial charge on any atom is 0.123 e. The van der Waals surface area contributed by atoms with E-state index >= 15 is 0 Å². The highest BCUT2D eigenvalue weighted by Gasteiger charge is 2.21. The monoisotopic (exact) mass is 324 g/mol. The Hall–Kier alpha value is -2.46. The molecule has 0 N–H and O–H groups in total. The van der Waals surface area contributed by atoms with Crippen LogP contribution in [0.4, 0.5) is 8.78 Å². The molecule has 4 heteroatoms. The van der Waals surface area contributed by atoms with Crippen molar-refractivity contribution in [1.29, 1.82) is 0 Å². The van der Waals surface area contributed by atoms with Crippen molar-refractivity contribution in [2.75, 3.05) is 13.6 Å². The third kappa shape index (κ3) is 2.63. The maximum absolute atomic E-state index is 13.7. The highest BCUT2D eigenvalue weighted by molar-refractivity contribution is 5.88. The fourth-order valence-electron chi connectivity index (χ4n) is 3.40. The van der Waals surface area contributed by atoms with Gasteiger partial charge in [0.25, 0.3) is 0 Å². The topological polar surface area (TPSA) is 8.17 Å². The molecule has 122 valence electrons. The first-order chi connectivity index (χ1) is 11.6. The van der Waals surface area contributed by atoms with E-state index in [2.05, 4.69) is 16.5 Å². The van der Waals surface area contributed by atoms with Crippen molar-refractivity contribution < 1.29 is 8.78 Å². The van der Waals surface area contributed by atoms with E-state index in [4.69, 9.17) is 0 Å². The first kappa shape index (κ1) is 15.1. The molecule has 0 saturated heterocycles. The van der Waals surface area contributed by atoms with Crippen LogP contribution in [0.5, 0.6) is 0 Å². The quantitative estimate of drug-likeness (QED) is 0.672. The molecule has 0 amide bonds. The summed E-state index contributed by atoms with van der Waals surface area (Å²) in [5.74, 6) is -0.451. The Labute approximate surface area is 139 Å². The largest absolute Gasteiger partial charge is 0.320 e. The van der Waals surface area contributed by atoms with Gasteiger partial charge in [0.1, 0.15) is 11.6 Å². The molecule has 0 radical (unpaired) electrons. The van der Waals surface area contributed by atoms with Crippen molar-refractivity contribution >= 4 is 23.2 Å². The molecule has 24 heavy (non-hydrogen) atoms. The Morgan fingerprint density at radius 2 is 1.75 bits per heavy atom. The minimum atomic E-state index is -0.241. The van der Waals surface area contributed by atoms with E-state index in [9.17, 15) is 8.78 Å². The van der Waals surface area contributed by atoms with Gasteiger partial charge in [0, 0.05) is 36.8 Å². The summed E-state index contributed by atoms with van der Waals surface area (Å²) in [5.41, 5.74) is 4.37. The SMILES string of the molecule is CN1CCc2c(c3cc(F)ccc3n2/C=C/c2ccc(F)cc2)C1. The Kier molecular flexibility index (Phi) is 3.69. The molecule has 2 heterocycles. The van der Waals surface area contributed by atoms with Crippen molar-refractivity contribution in [3.8, 4) is 0 Å². The molecule has 0 aliphatic carbocycles. The average Bonchev–Trinajstić information content (AvgIpc) is 2.87. The number of likely N-dealkylation sites (N-methyl/N-ethyl adjacent to an activating group) is 1. The van der Waals surface area contributed by atoms with E-state index < -0.39 is 0 Å². The van der Waals surface area contributed by atoms with Crippen molar-refractivity contribution in [3.05, 3.63) is 70.9 Å². The van der Waals surface area contributed by atoms with E-state index in [0.717, 1.165) is 36.0 Å². The number of aromatic nitrogens is 1. The number of hydrogen-bond donors (Lipinski definition) is 0. The highest BCUT2D eigenvalue weighted by atomic mass is 19.1. The summed E-state index contributed by atoms with van der Waals surface area (Å²) in [6.45, 7) is 1.81. The molecule has 4 rings (SSSR count). The minimum Gasteiger partial charge on any atom is -0.320 e. The number of hydrogen-bond acceptors (Lipinski definition) is 1. The van der Waals surface area contributed by atoms with Crippen molar-refractivity contribution in [2.24, 2.45) is 0 Å². The molecule has 1 aliphatic heterocycles. The molecule has 0 spiro atoms. The van der Waals surface area contributed by atoms with Crippen LogP contribution in [-0.4, -0.2) is 23.1 Å². The van der Waals surface area contributed by atoms with Crippen molar-refractivity contribution in [2.45, 2.75) is 13.0 Å². The van der Waals surface area contributed by atoms with E-state index in [0.29, 0.717) is 0 Å². The molecule has 3 aromatic rings. The molecule has 0 unspecified atom stereocenters. The number of rotatable bonds is 2. The minimum absolute atomic E-state index is 0.210. The van der Waals surface area contributed by atoms with Crippen molar-refractivity contribution in [3.63, 3.8) is 0 Å². The second-order valence-electron chi connectivity index (χ2n) is 6.31. The fourth-order valence-corrected chi connectivity index (χ4v) is 3.40. The van der Waals surface area contributed by atoms with E-state index in [1.54, 1.807) is 18.2 Å². The number of nitrogens with zero attached hydrogens (tertiary/aromatic N) is 2. The van der Waals surface area contributed by atoms with Crippen LogP contribution >= 0.6 is 0 Å². The van der Waals surface area contributed by atoms with Gasteiger partial charge in [-0.3, -0.25) is 0 Å². The van der Waals surface area contributed by atoms with Gasteiger partial charge < -0.3 is 9.47 Å². The van der Waals surface area contributed by atoms with Gasteiger partial charge in [0.05, 0.1) is 5.52 Å². The van der Waals surface area contributed by atoms with Crippen LogP contribution in [0.25, 0.3) is 23.2 Å². The van der Waals surface area contributed by atoms with Gasteiger partial charge >= 0.3 is 0 Å². The zero-order chi connectivity index (χ0) is 16.7. The number of benzene rings is 2. The van der Waals surface area contributed by atoms with Crippen LogP contribution in [-0.2, 0) is 13.0 Å². The smallest absolute Gasteiger partial charge is 0.123 e. The van der Waals surface area contributed by atoms with Gasteiger partial charge in [-0.2, -0.15) is 0 Å². The van der Waals surface area contributed by atoms with E-state index in [-0.39, 0.29) is 11.6 Å². The summed E-state index contributed by atoms with van der Waals surface area (Å²) >= 11 is 0. The Bertz CT molecular complexity index is 923. The van der Waals surface area contributed by atoms with Crippen LogP contribution < -0.4 is 0 Å². The first-order valence-electron chi connectivity index (χ1n) is 8.05. The highest BCUT2D eigenvalue weighted by Crippen LogP contribution is 2.31. The third-order valence-electron chi connectivity index (χ3n) is 4.63. The van der Waals surface area contributed by atoms with E-state index in [1.807, 2.05) is 18.3 Å². The normalized spacial score (nSPS) is 15.3. The van der Waals surface area contributed by atoms with Crippen LogP contribution in [0, 0.1) is 11.6 Å². The molecule has 0 saturated carbocycles. The second-order valence-corrected chi connectivity index (χ2v) is 6.31. The fraction of sp³-hybridized carbons (Fsp3) is 0.200. The van der Waals surface area contributed by atoms with Crippen molar-refractivity contribution in [1.82, 2.24) is 9.47 Å². The zero-order valence-corrected chi connectivity index (χ0v) is 13.5. The van der Waals surface area contributed by atoms with Gasteiger partial charge in [0.15, 0.2) is 0 Å². The van der Waals surface area contributed by atoms with E-state index in [1.165, 1.54) is 29.5 Å². The first-order valence-corrected chi connectivity index (χ1v) is 8.05. The lowest BCUT2D eigenvalue weighted by Gasteiger charge is -2.23. The Morgan fingerprint density at radius 3 is 2.54 bits per heavy atom. The zero-order valence-electron chi connectivity index (χ0n) is 13.5. The maximum atomic E-state index is 13.7. The average molecular weight is 324 g/mol. The summed E-state index contributed by atoms with van der Waals surface area (Å²) in [6, 6.07) is 11.3. The van der Waals surface area contributed by atoms with Crippen LogP contribution in [0.2, 0.25) is 0 Å². The summed E-state index contributed by atoms with van der Waals surface area (Å²) in [7, 11) is 2.08. The van der Waals surface area contributed by atoms with Gasteiger partial charge in [-0.15, -0.1) is 0 Å². The predicted molar refractivity (Wildman–Crippen MR) is 93.6 cm³/mol. The van der Waals surface area contributed by atoms with Gasteiger partial charge in [-0.1, -0.05) is 12.1 Å². The molecule has 2 aromatic carbocycles. The molecule has 0 fully saturated rings. The third-order valence-corrected chi connectivity index (χ3v) is 4.63. The van der Waals surface area contributed by atoms with Crippen LogP contribution in [0.15, 0.2) is 42.5 Å². The molecule has 1 aliphatic rings. The number of halogens is 2. The van der Waals surface area contributed by atoms with Gasteiger partial charge in [-0.05, 0) is 54.6 Å². The lowest BCUT2D eigenvalue weighted by molar-refractivity contribution is 0.312. The predicted octanol–water partition coefficient (Wildman–Crippen LogP) is 4.54. The summed E-state index contributed by atoms with van der Waals surface area (Å²) in [6.07, 6.45) is 4.88. The van der Waals surface area contributed by atoms with Crippen LogP contribution in [0.3, 0.4) is 0 Å². The number of fused-ring (bicyclic) bond motifs is 3. The standard InChI is InChI=1S/C20H18F2N2/c1-23-10-9-20-18(13-23)17-12-16(22)6-7-19(17)24(20)11-8-14-2-4-15(21)5-3-14/h2-8,11-12H,9-10,13H2,1H3/b11-8+. The second kappa shape index (κ2) is 5.87. The summed E-state index contributed by atoms with van der Waals surface area (Å²) in [4.78, 5) is 2.25. The molecular weight excluding hydrogens is 306 g/mol. The molecule has 0 bridgehead atoms. The van der Waals surface area contributed by atoms with Gasteiger partial charge in [-0.25, -0.2) is 8.78 Å². The molecule has 0 atom stereocenters. The molecule has 2 nitrogen and oxygen atoms in total. The Morgan fingerprint density at radius 1 is 1.00 bits per heavy atom. The Balaban J connectivity index is 1.84. The molecular formula is C20H18F2N2. The lowest BCUT2D eigenvalue weighted by Crippen LogP contribution is -2.26.